The third-order valence-electron chi connectivity index (χ3n) is 2.62. The van der Waals surface area contributed by atoms with Gasteiger partial charge in [0.15, 0.2) is 0 Å². The van der Waals surface area contributed by atoms with Gasteiger partial charge >= 0.3 is 123 Å². The summed E-state index contributed by atoms with van der Waals surface area (Å²) in [7, 11) is 0. The van der Waals surface area contributed by atoms with Crippen molar-refractivity contribution in [2.75, 3.05) is 6.61 Å². The summed E-state index contributed by atoms with van der Waals surface area (Å²) in [6.45, 7) is -0.697. The predicted molar refractivity (Wildman–Crippen MR) is 64.9 cm³/mol. The van der Waals surface area contributed by atoms with Crippen LogP contribution in [0.25, 0.3) is 0 Å². The van der Waals surface area contributed by atoms with Gasteiger partial charge in [-0.05, 0) is 0 Å². The fourth-order valence-electron chi connectivity index (χ4n) is 1.51. The Bertz CT molecular complexity index is 323. The monoisotopic (exact) mass is 524 g/mol. The molecule has 0 radical (unpaired) electrons. The van der Waals surface area contributed by atoms with Crippen molar-refractivity contribution in [3.05, 3.63) is 0 Å². The zero-order valence-corrected chi connectivity index (χ0v) is 21.2. The van der Waals surface area contributed by atoms with Crippen molar-refractivity contribution in [2.45, 2.75) is 24.4 Å². The van der Waals surface area contributed by atoms with Crippen molar-refractivity contribution in [1.82, 2.24) is 0 Å². The molecule has 1 aliphatic rings. The number of carbonyl (C=O) groups excluding carboxylic acids is 1. The SMILES string of the molecule is O=[C]([C@H](O)[C@@H](O)[C@H](O)[C@H](O)CO)[Ga]1[Ga]=[Ga][Ga]=[Ga]1. The molecule has 5 N–H and O–H groups in total. The Morgan fingerprint density at radius 1 is 1.06 bits per heavy atom. The normalized spacial score (nSPS) is 19.5. The quantitative estimate of drug-likeness (QED) is 0.220. The summed E-state index contributed by atoms with van der Waals surface area (Å²) in [5, 5.41) is 46.6. The Kier molecular flexibility index (Phi) is 9.20. The summed E-state index contributed by atoms with van der Waals surface area (Å²) < 4.78 is -0.0962. The molecule has 17 heavy (non-hydrogen) atoms. The zero-order valence-electron chi connectivity index (χ0n) is 9.05. The maximum atomic E-state index is 11.9. The van der Waals surface area contributed by atoms with Gasteiger partial charge in [-0.15, -0.1) is 0 Å². The van der Waals surface area contributed by atoms with E-state index in [9.17, 15) is 20.1 Å². The third kappa shape index (κ3) is 5.16. The molecule has 1 rings (SSSR count). The van der Waals surface area contributed by atoms with Crippen LogP contribution in [-0.2, 0) is 4.79 Å². The summed E-state index contributed by atoms with van der Waals surface area (Å²) in [5.74, 6) is 0. The van der Waals surface area contributed by atoms with Crippen LogP contribution in [0.3, 0.4) is 0 Å². The van der Waals surface area contributed by atoms with E-state index in [4.69, 9.17) is 10.2 Å². The van der Waals surface area contributed by atoms with Gasteiger partial charge in [-0.1, -0.05) is 0 Å². The van der Waals surface area contributed by atoms with E-state index in [0.29, 0.717) is 0 Å². The van der Waals surface area contributed by atoms with Crippen LogP contribution in [-0.4, -0.2) is 118 Å². The van der Waals surface area contributed by atoms with Crippen molar-refractivity contribution in [2.24, 2.45) is 0 Å². The van der Waals surface area contributed by atoms with Crippen LogP contribution < -0.4 is 0 Å². The number of aliphatic hydroxyl groups is 5. The van der Waals surface area contributed by atoms with Gasteiger partial charge in [-0.3, -0.25) is 0 Å². The van der Waals surface area contributed by atoms with Gasteiger partial charge in [-0.25, -0.2) is 0 Å². The molecular formula is C6H11Ga5O6. The third-order valence-corrected chi connectivity index (χ3v) is 443. The molecular weight excluding hydrogens is 517 g/mol. The van der Waals surface area contributed by atoms with Crippen molar-refractivity contribution < 1.29 is 30.3 Å². The molecule has 0 aromatic heterocycles. The van der Waals surface area contributed by atoms with Crippen molar-refractivity contribution in [1.29, 1.82) is 0 Å². The molecule has 4 atom stereocenters. The van der Waals surface area contributed by atoms with Gasteiger partial charge in [0, 0.05) is 0 Å². The molecule has 0 saturated heterocycles. The molecule has 86 valence electrons. The van der Waals surface area contributed by atoms with Gasteiger partial charge in [-0.2, -0.15) is 0 Å². The van der Waals surface area contributed by atoms with Crippen LogP contribution in [0.4, 0.5) is 0 Å². The minimum absolute atomic E-state index is 0.0962. The van der Waals surface area contributed by atoms with E-state index in [1.54, 1.807) is 0 Å². The molecule has 0 spiro atoms. The van der Waals surface area contributed by atoms with Crippen LogP contribution >= 0.6 is 0 Å². The Balaban J connectivity index is 2.62. The van der Waals surface area contributed by atoms with Crippen LogP contribution in [0, 0.1) is 0 Å². The summed E-state index contributed by atoms with van der Waals surface area (Å²) >= 11 is -1.87. The van der Waals surface area contributed by atoms with E-state index < -0.39 is 42.0 Å². The van der Waals surface area contributed by atoms with Crippen LogP contribution in [0.5, 0.6) is 0 Å². The second kappa shape index (κ2) is 8.83. The molecule has 0 bridgehead atoms. The molecule has 0 aromatic carbocycles. The van der Waals surface area contributed by atoms with Gasteiger partial charge in [0.1, 0.15) is 0 Å². The zero-order chi connectivity index (χ0) is 13.0. The Labute approximate surface area is 121 Å². The van der Waals surface area contributed by atoms with E-state index in [2.05, 4.69) is 0 Å². The molecule has 0 amide bonds. The van der Waals surface area contributed by atoms with Gasteiger partial charge in [0.05, 0.1) is 0 Å². The number of carbonyl (C=O) groups is 1. The first-order chi connectivity index (χ1) is 7.99. The molecule has 0 saturated carbocycles. The summed E-state index contributed by atoms with van der Waals surface area (Å²) in [5.41, 5.74) is 0. The number of hydrogen-bond donors (Lipinski definition) is 5. The number of rotatable bonds is 6. The van der Waals surface area contributed by atoms with Crippen LogP contribution in [0.15, 0.2) is 0 Å². The van der Waals surface area contributed by atoms with Crippen LogP contribution in [0.2, 0.25) is 0 Å². The molecule has 0 aliphatic carbocycles. The molecule has 1 heterocycles. The predicted octanol–water partition coefficient (Wildman–Crippen LogP) is -5.41. The van der Waals surface area contributed by atoms with Crippen molar-refractivity contribution in [3.8, 4) is 0 Å². The average molecular weight is 528 g/mol. The van der Waals surface area contributed by atoms with Crippen LogP contribution in [0.1, 0.15) is 0 Å². The van der Waals surface area contributed by atoms with Gasteiger partial charge in [0.2, 0.25) is 0 Å². The fraction of sp³-hybridized carbons (Fsp3) is 0.833. The molecule has 11 heteroatoms. The summed E-state index contributed by atoms with van der Waals surface area (Å²) in [6, 6.07) is 0. The first kappa shape index (κ1) is 17.7. The minimum atomic E-state index is -1.71. The first-order valence-corrected chi connectivity index (χ1v) is 49.8. The summed E-state index contributed by atoms with van der Waals surface area (Å²) in [6.07, 6.45) is -6.30. The topological polar surface area (TPSA) is 118 Å². The molecule has 0 aromatic rings. The van der Waals surface area contributed by atoms with Crippen molar-refractivity contribution in [3.63, 3.8) is 0 Å². The van der Waals surface area contributed by atoms with E-state index in [-0.39, 0.29) is 50.9 Å². The van der Waals surface area contributed by atoms with E-state index in [1.807, 2.05) is 0 Å². The second-order valence-corrected chi connectivity index (χ2v) is 148. The Morgan fingerprint density at radius 3 is 2.06 bits per heavy atom. The van der Waals surface area contributed by atoms with Gasteiger partial charge in [0.25, 0.3) is 0 Å². The Morgan fingerprint density at radius 2 is 1.59 bits per heavy atom. The molecule has 1 aliphatic heterocycles. The van der Waals surface area contributed by atoms with Gasteiger partial charge < -0.3 is 0 Å². The summed E-state index contributed by atoms with van der Waals surface area (Å²) in [4.78, 5) is 11.9. The number of hydrogen-bond acceptors (Lipinski definition) is 6. The van der Waals surface area contributed by atoms with E-state index in [0.717, 1.165) is 0 Å². The number of aliphatic hydroxyl groups excluding tert-OH is 5. The fourth-order valence-corrected chi connectivity index (χ4v) is 1330. The van der Waals surface area contributed by atoms with E-state index >= 15 is 0 Å². The average Bonchev–Trinajstić information content (AvgIpc) is 2.87. The molecule has 6 nitrogen and oxygen atoms in total. The van der Waals surface area contributed by atoms with Crippen molar-refractivity contribution >= 4 is 61.9 Å². The Hall–Kier alpha value is 2.65. The second-order valence-electron chi connectivity index (χ2n) is 3.87. The molecule has 0 fully saturated rings. The maximum absolute atomic E-state index is 11.9. The standard InChI is InChI=1S/C6H11O6.5Ga/c7-1-3(9)5(11)6(12)4(10)2-8;;;;;/h3-7,9-12H,1H2;;;;;/t3-,4+,5-,6-;;;;;/m1...../s1. The molecule has 0 unspecified atom stereocenters. The first-order valence-electron chi connectivity index (χ1n) is 5.21. The van der Waals surface area contributed by atoms with E-state index in [1.165, 1.54) is 0 Å².